The van der Waals surface area contributed by atoms with Gasteiger partial charge in [0.2, 0.25) is 0 Å². The molecule has 216 valence electrons. The van der Waals surface area contributed by atoms with Crippen LogP contribution in [0.15, 0.2) is 70.5 Å². The first kappa shape index (κ1) is 30.8. The summed E-state index contributed by atoms with van der Waals surface area (Å²) in [5.74, 6) is -0.476. The van der Waals surface area contributed by atoms with E-state index in [1.807, 2.05) is 0 Å². The Kier molecular flexibility index (Phi) is 9.60. The minimum Gasteiger partial charge on any atom is -0.465 e. The molecule has 0 spiro atoms. The highest BCUT2D eigenvalue weighted by atomic mass is 79.9. The number of carbonyl (C=O) groups excluding carboxylic acids is 1. The van der Waals surface area contributed by atoms with E-state index in [4.69, 9.17) is 4.74 Å². The second kappa shape index (κ2) is 12.8. The van der Waals surface area contributed by atoms with Gasteiger partial charge in [-0.2, -0.15) is 13.2 Å². The predicted molar refractivity (Wildman–Crippen MR) is 146 cm³/mol. The van der Waals surface area contributed by atoms with Gasteiger partial charge in [0.15, 0.2) is 5.13 Å². The average molecular weight is 677 g/mol. The molecule has 15 heteroatoms. The number of methoxy groups -OCH3 is 1. The summed E-state index contributed by atoms with van der Waals surface area (Å²) in [6.07, 6.45) is -5.26. The number of nitrogens with one attached hydrogen (secondary N) is 1. The number of nitrogens with zero attached hydrogens (tertiary/aromatic N) is 1. The van der Waals surface area contributed by atoms with E-state index in [9.17, 15) is 31.6 Å². The fourth-order valence-corrected chi connectivity index (χ4v) is 6.16. The van der Waals surface area contributed by atoms with Crippen LogP contribution in [0.25, 0.3) is 11.3 Å². The summed E-state index contributed by atoms with van der Waals surface area (Å²) in [6.45, 7) is 0. The molecule has 0 fully saturated rings. The van der Waals surface area contributed by atoms with Crippen LogP contribution in [0.4, 0.5) is 33.0 Å². The molecule has 3 aromatic carbocycles. The lowest BCUT2D eigenvalue weighted by molar-refractivity contribution is -0.137. The third kappa shape index (κ3) is 7.57. The Hall–Kier alpha value is -3.16. The number of aromatic nitrogens is 1. The van der Waals surface area contributed by atoms with Crippen LogP contribution < -0.4 is 5.32 Å². The Morgan fingerprint density at radius 1 is 1.02 bits per heavy atom. The fraction of sp³-hybridized carbons (Fsp3) is 0.154. The van der Waals surface area contributed by atoms with Gasteiger partial charge in [-0.25, -0.2) is 9.78 Å². The van der Waals surface area contributed by atoms with Crippen molar-refractivity contribution in [2.75, 3.05) is 12.4 Å². The molecule has 0 atom stereocenters. The van der Waals surface area contributed by atoms with Crippen LogP contribution in [0.5, 0.6) is 0 Å². The van der Waals surface area contributed by atoms with Crippen molar-refractivity contribution in [2.24, 2.45) is 0 Å². The Balaban J connectivity index is 1.60. The Morgan fingerprint density at radius 2 is 1.73 bits per heavy atom. The van der Waals surface area contributed by atoms with E-state index in [2.05, 4.69) is 35.7 Å². The van der Waals surface area contributed by atoms with Crippen molar-refractivity contribution in [1.29, 1.82) is 0 Å². The third-order valence-corrected chi connectivity index (χ3v) is 8.51. The molecule has 0 unspecified atom stereocenters. The molecule has 0 saturated heterocycles. The van der Waals surface area contributed by atoms with Gasteiger partial charge in [-0.05, 0) is 68.6 Å². The van der Waals surface area contributed by atoms with Crippen molar-refractivity contribution in [1.82, 2.24) is 4.98 Å². The average Bonchev–Trinajstić information content (AvgIpc) is 3.43. The quantitative estimate of drug-likeness (QED) is 0.102. The van der Waals surface area contributed by atoms with Crippen molar-refractivity contribution < 1.29 is 45.8 Å². The van der Waals surface area contributed by atoms with E-state index in [-0.39, 0.29) is 12.0 Å². The molecular formula is C26H19BrF5N2O5PS. The first-order valence-corrected chi connectivity index (χ1v) is 14.9. The zero-order chi connectivity index (χ0) is 29.8. The molecule has 0 amide bonds. The van der Waals surface area contributed by atoms with Crippen LogP contribution in [-0.2, 0) is 37.5 Å². The molecule has 7 nitrogen and oxygen atoms in total. The minimum atomic E-state index is -4.64. The van der Waals surface area contributed by atoms with Crippen molar-refractivity contribution in [2.45, 2.75) is 18.8 Å². The maximum atomic E-state index is 13.5. The maximum Gasteiger partial charge on any atom is 0.416 e. The summed E-state index contributed by atoms with van der Waals surface area (Å²) in [5.41, 5.74) is 2.26. The minimum absolute atomic E-state index is 0.0369. The summed E-state index contributed by atoms with van der Waals surface area (Å²) in [7, 11) is -3.35. The molecule has 0 aliphatic rings. The van der Waals surface area contributed by atoms with Gasteiger partial charge in [-0.3, -0.25) is 4.57 Å². The van der Waals surface area contributed by atoms with Gasteiger partial charge in [0.25, 0.3) is 0 Å². The lowest BCUT2D eigenvalue weighted by atomic mass is 10.00. The van der Waals surface area contributed by atoms with Gasteiger partial charge in [0, 0.05) is 21.1 Å². The van der Waals surface area contributed by atoms with Crippen LogP contribution in [-0.4, -0.2) is 18.1 Å². The van der Waals surface area contributed by atoms with Crippen LogP contribution in [0, 0.1) is 0 Å². The van der Waals surface area contributed by atoms with Crippen molar-refractivity contribution in [3.63, 3.8) is 0 Å². The second-order valence-electron chi connectivity index (χ2n) is 8.61. The van der Waals surface area contributed by atoms with Crippen LogP contribution in [0.1, 0.15) is 32.6 Å². The summed E-state index contributed by atoms with van der Waals surface area (Å²) in [4.78, 5) is 16.2. The summed E-state index contributed by atoms with van der Waals surface area (Å²) in [5, 5.41) is 5.25. The number of esters is 1. The Bertz CT molecular complexity index is 1590. The number of benzene rings is 3. The molecular weight excluding hydrogens is 658 g/mol. The largest absolute Gasteiger partial charge is 0.465 e. The van der Waals surface area contributed by atoms with Gasteiger partial charge in [-0.15, -0.1) is 20.8 Å². The molecule has 41 heavy (non-hydrogen) atoms. The molecule has 1 aromatic heterocycles. The maximum absolute atomic E-state index is 13.5. The van der Waals surface area contributed by atoms with Crippen molar-refractivity contribution in [3.05, 3.63) is 98.3 Å². The van der Waals surface area contributed by atoms with E-state index < -0.39 is 31.5 Å². The summed E-state index contributed by atoms with van der Waals surface area (Å²) in [6, 6.07) is 14.3. The zero-order valence-corrected chi connectivity index (χ0v) is 24.2. The molecule has 0 bridgehead atoms. The van der Waals surface area contributed by atoms with Crippen molar-refractivity contribution in [3.8, 4) is 11.3 Å². The van der Waals surface area contributed by atoms with E-state index in [0.717, 1.165) is 17.7 Å². The van der Waals surface area contributed by atoms with E-state index >= 15 is 0 Å². The normalized spacial score (nSPS) is 11.9. The number of halogens is 6. The lowest BCUT2D eigenvalue weighted by Crippen LogP contribution is -2.07. The Labute approximate surface area is 242 Å². The topological polar surface area (TPSA) is 86.8 Å². The molecule has 4 rings (SSSR count). The molecule has 1 N–H and O–H groups in total. The number of ether oxygens (including phenoxy) is 1. The highest BCUT2D eigenvalue weighted by Crippen LogP contribution is 2.53. The first-order chi connectivity index (χ1) is 19.4. The standard InChI is InChI=1S/C26H19BrF5N2O5PS/c1-37-24(35)17-6-4-16(5-7-17)23-14-41-25(34-23)33-22-9-8-20(26(28,29)30)12-19(22)10-15-2-3-18(21(27)11-15)13-40(36,38-31)39-32/h2-9,11-12,14H,10,13H2,1H3,(H,33,34). The number of anilines is 2. The zero-order valence-electron chi connectivity index (χ0n) is 20.9. The molecule has 0 radical (unpaired) electrons. The first-order valence-electron chi connectivity index (χ1n) is 11.5. The number of rotatable bonds is 10. The fourth-order valence-electron chi connectivity index (χ4n) is 3.83. The number of alkyl halides is 3. The predicted octanol–water partition coefficient (Wildman–Crippen LogP) is 9.21. The molecule has 1 heterocycles. The summed E-state index contributed by atoms with van der Waals surface area (Å²) >= 11 is 4.46. The third-order valence-electron chi connectivity index (χ3n) is 5.87. The number of hydrogen-bond acceptors (Lipinski definition) is 8. The van der Waals surface area contributed by atoms with Crippen LogP contribution in [0.2, 0.25) is 0 Å². The van der Waals surface area contributed by atoms with Crippen molar-refractivity contribution >= 4 is 51.7 Å². The number of carbonyl (C=O) groups is 1. The molecule has 0 saturated carbocycles. The van der Waals surface area contributed by atoms with E-state index in [1.54, 1.807) is 29.6 Å². The van der Waals surface area contributed by atoms with Gasteiger partial charge >= 0.3 is 19.7 Å². The summed E-state index contributed by atoms with van der Waals surface area (Å²) < 4.78 is 88.6. The molecule has 4 aromatic rings. The lowest BCUT2D eigenvalue weighted by Gasteiger charge is -2.15. The van der Waals surface area contributed by atoms with Gasteiger partial charge < -0.3 is 10.1 Å². The van der Waals surface area contributed by atoms with Crippen LogP contribution >= 0.6 is 34.9 Å². The van der Waals surface area contributed by atoms with Crippen LogP contribution in [0.3, 0.4) is 0 Å². The monoisotopic (exact) mass is 676 g/mol. The molecule has 0 aliphatic carbocycles. The number of thiazole rings is 1. The Morgan fingerprint density at radius 3 is 2.34 bits per heavy atom. The number of hydrogen-bond donors (Lipinski definition) is 1. The van der Waals surface area contributed by atoms with Gasteiger partial charge in [0.05, 0.1) is 30.1 Å². The highest BCUT2D eigenvalue weighted by Gasteiger charge is 2.31. The van der Waals surface area contributed by atoms with E-state index in [0.29, 0.717) is 37.7 Å². The second-order valence-corrected chi connectivity index (χ2v) is 12.1. The van der Waals surface area contributed by atoms with Gasteiger partial charge in [-0.1, -0.05) is 40.2 Å². The smallest absolute Gasteiger partial charge is 0.416 e. The SMILES string of the molecule is COC(=O)c1ccc(-c2csc(Nc3ccc(C(F)(F)F)cc3Cc3ccc(CP(=O)(OF)OF)c(Br)c3)n2)cc1. The molecule has 0 aliphatic heterocycles. The highest BCUT2D eigenvalue weighted by molar-refractivity contribution is 9.10. The van der Waals surface area contributed by atoms with Gasteiger partial charge in [0.1, 0.15) is 0 Å². The van der Waals surface area contributed by atoms with E-state index in [1.165, 1.54) is 42.7 Å².